The molecule has 0 heterocycles. The molecule has 1 fully saturated rings. The van der Waals surface area contributed by atoms with Crippen molar-refractivity contribution in [3.63, 3.8) is 0 Å². The smallest absolute Gasteiger partial charge is 0.339 e. The van der Waals surface area contributed by atoms with Gasteiger partial charge in [-0.1, -0.05) is 26.7 Å². The minimum absolute atomic E-state index is 0.178. The lowest BCUT2D eigenvalue weighted by Crippen LogP contribution is -2.45. The molecule has 0 aliphatic heterocycles. The molecule has 3 atom stereocenters. The van der Waals surface area contributed by atoms with Crippen molar-refractivity contribution in [1.29, 1.82) is 0 Å². The van der Waals surface area contributed by atoms with E-state index in [-0.39, 0.29) is 18.6 Å². The summed E-state index contributed by atoms with van der Waals surface area (Å²) in [6.07, 6.45) is 3.35. The molecular formula is C22H33NO3. The molecule has 4 heteroatoms. The Hall–Kier alpha value is -1.84. The van der Waals surface area contributed by atoms with Gasteiger partial charge in [0.15, 0.2) is 6.61 Å². The van der Waals surface area contributed by atoms with Crippen LogP contribution >= 0.6 is 0 Å². The van der Waals surface area contributed by atoms with Crippen molar-refractivity contribution in [2.24, 2.45) is 11.8 Å². The Morgan fingerprint density at radius 3 is 2.04 bits per heavy atom. The van der Waals surface area contributed by atoms with E-state index in [0.717, 1.165) is 35.1 Å². The Balaban J connectivity index is 2.02. The fraction of sp³-hybridized carbons (Fsp3) is 0.636. The summed E-state index contributed by atoms with van der Waals surface area (Å²) in [6.45, 7) is 14.2. The number of carbonyl (C=O) groups is 2. The van der Waals surface area contributed by atoms with Crippen molar-refractivity contribution in [2.45, 2.75) is 73.8 Å². The summed E-state index contributed by atoms with van der Waals surface area (Å²) in [5.41, 5.74) is 5.88. The van der Waals surface area contributed by atoms with Crippen LogP contribution in [-0.4, -0.2) is 24.5 Å². The van der Waals surface area contributed by atoms with E-state index in [2.05, 4.69) is 26.1 Å². The molecule has 1 aromatic carbocycles. The van der Waals surface area contributed by atoms with E-state index in [9.17, 15) is 9.59 Å². The average Bonchev–Trinajstić information content (AvgIpc) is 2.60. The molecule has 0 bridgehead atoms. The molecule has 2 rings (SSSR count). The van der Waals surface area contributed by atoms with Gasteiger partial charge < -0.3 is 10.1 Å². The highest BCUT2D eigenvalue weighted by Crippen LogP contribution is 2.29. The van der Waals surface area contributed by atoms with Crippen LogP contribution in [0.15, 0.2) is 0 Å². The van der Waals surface area contributed by atoms with Crippen LogP contribution < -0.4 is 5.32 Å². The molecule has 0 radical (unpaired) electrons. The zero-order chi connectivity index (χ0) is 19.6. The van der Waals surface area contributed by atoms with Crippen LogP contribution in [0.25, 0.3) is 0 Å². The summed E-state index contributed by atoms with van der Waals surface area (Å²) in [4.78, 5) is 24.9. The topological polar surface area (TPSA) is 55.4 Å². The summed E-state index contributed by atoms with van der Waals surface area (Å²) in [5.74, 6) is 0.447. The lowest BCUT2D eigenvalue weighted by atomic mass is 9.78. The molecule has 1 N–H and O–H groups in total. The van der Waals surface area contributed by atoms with Gasteiger partial charge in [-0.05, 0) is 80.7 Å². The van der Waals surface area contributed by atoms with E-state index in [1.165, 1.54) is 12.0 Å². The summed E-state index contributed by atoms with van der Waals surface area (Å²) in [5, 5.41) is 3.05. The second-order valence-corrected chi connectivity index (χ2v) is 8.02. The Kier molecular flexibility index (Phi) is 6.48. The molecule has 1 amide bonds. The van der Waals surface area contributed by atoms with Gasteiger partial charge in [-0.15, -0.1) is 0 Å². The lowest BCUT2D eigenvalue weighted by Gasteiger charge is -2.34. The first-order valence-electron chi connectivity index (χ1n) is 9.68. The third kappa shape index (κ3) is 4.11. The van der Waals surface area contributed by atoms with Gasteiger partial charge in [-0.25, -0.2) is 4.79 Å². The maximum absolute atomic E-state index is 12.6. The van der Waals surface area contributed by atoms with Gasteiger partial charge in [0.1, 0.15) is 0 Å². The van der Waals surface area contributed by atoms with E-state index in [1.807, 2.05) is 27.7 Å². The Labute approximate surface area is 157 Å². The Bertz CT molecular complexity index is 679. The number of amides is 1. The maximum Gasteiger partial charge on any atom is 0.339 e. The second-order valence-electron chi connectivity index (χ2n) is 8.02. The molecule has 0 aromatic heterocycles. The third-order valence-electron chi connectivity index (χ3n) is 6.59. The molecular weight excluding hydrogens is 326 g/mol. The lowest BCUT2D eigenvalue weighted by molar-refractivity contribution is -0.125. The normalized spacial score (nSPS) is 22.8. The fourth-order valence-electron chi connectivity index (χ4n) is 4.04. The number of nitrogens with one attached hydrogen (secondary N) is 1. The van der Waals surface area contributed by atoms with Gasteiger partial charge in [0.05, 0.1) is 5.56 Å². The molecule has 0 unspecified atom stereocenters. The van der Waals surface area contributed by atoms with E-state index in [1.54, 1.807) is 0 Å². The van der Waals surface area contributed by atoms with Crippen molar-refractivity contribution in [3.8, 4) is 0 Å². The second kappa shape index (κ2) is 8.24. The van der Waals surface area contributed by atoms with E-state index >= 15 is 0 Å². The van der Waals surface area contributed by atoms with Gasteiger partial charge in [0.2, 0.25) is 0 Å². The monoisotopic (exact) mass is 359 g/mol. The molecule has 1 aliphatic rings. The van der Waals surface area contributed by atoms with E-state index < -0.39 is 5.97 Å². The van der Waals surface area contributed by atoms with Gasteiger partial charge >= 0.3 is 5.97 Å². The predicted octanol–water partition coefficient (Wildman–Crippen LogP) is 4.33. The number of hydrogen-bond donors (Lipinski definition) is 1. The molecule has 4 nitrogen and oxygen atoms in total. The first-order valence-corrected chi connectivity index (χ1v) is 9.68. The van der Waals surface area contributed by atoms with Crippen LogP contribution in [0.3, 0.4) is 0 Å². The summed E-state index contributed by atoms with van der Waals surface area (Å²) in [7, 11) is 0. The highest BCUT2D eigenvalue weighted by molar-refractivity contribution is 5.95. The van der Waals surface area contributed by atoms with Crippen LogP contribution in [-0.2, 0) is 9.53 Å². The average molecular weight is 360 g/mol. The van der Waals surface area contributed by atoms with Crippen molar-refractivity contribution < 1.29 is 14.3 Å². The molecule has 0 saturated heterocycles. The number of benzene rings is 1. The van der Waals surface area contributed by atoms with Gasteiger partial charge in [-0.2, -0.15) is 0 Å². The van der Waals surface area contributed by atoms with Crippen molar-refractivity contribution in [1.82, 2.24) is 5.32 Å². The highest BCUT2D eigenvalue weighted by atomic mass is 16.5. The highest BCUT2D eigenvalue weighted by Gasteiger charge is 2.28. The predicted molar refractivity (Wildman–Crippen MR) is 105 cm³/mol. The first kappa shape index (κ1) is 20.5. The van der Waals surface area contributed by atoms with Crippen LogP contribution in [0, 0.1) is 46.5 Å². The quantitative estimate of drug-likeness (QED) is 0.814. The number of carbonyl (C=O) groups excluding carboxylic acids is 2. The number of hydrogen-bond acceptors (Lipinski definition) is 3. The third-order valence-corrected chi connectivity index (χ3v) is 6.59. The molecule has 1 aliphatic carbocycles. The number of esters is 1. The van der Waals surface area contributed by atoms with E-state index in [4.69, 9.17) is 4.74 Å². The fourth-order valence-corrected chi connectivity index (χ4v) is 4.04. The Morgan fingerprint density at radius 1 is 0.923 bits per heavy atom. The van der Waals surface area contributed by atoms with Crippen molar-refractivity contribution >= 4 is 11.9 Å². The zero-order valence-corrected chi connectivity index (χ0v) is 17.3. The summed E-state index contributed by atoms with van der Waals surface area (Å²) >= 11 is 0. The molecule has 144 valence electrons. The van der Waals surface area contributed by atoms with Crippen molar-refractivity contribution in [3.05, 3.63) is 33.4 Å². The van der Waals surface area contributed by atoms with Crippen LogP contribution in [0.1, 0.15) is 71.3 Å². The van der Waals surface area contributed by atoms with Crippen molar-refractivity contribution in [2.75, 3.05) is 6.61 Å². The Morgan fingerprint density at radius 2 is 1.46 bits per heavy atom. The summed E-state index contributed by atoms with van der Waals surface area (Å²) in [6, 6.07) is 0.178. The molecule has 26 heavy (non-hydrogen) atoms. The van der Waals surface area contributed by atoms with Crippen LogP contribution in [0.5, 0.6) is 0 Å². The minimum atomic E-state index is -0.411. The van der Waals surface area contributed by atoms with Gasteiger partial charge in [0.25, 0.3) is 5.91 Å². The standard InChI is InChI=1S/C22H33NO3/c1-12-9-8-10-19(13(12)2)23-20(24)11-26-22(25)21-17(6)15(4)14(3)16(5)18(21)7/h12-13,19H,8-11H2,1-7H3,(H,23,24)/t12-,13-,19-/m0/s1. The number of rotatable bonds is 4. The number of ether oxygens (including phenoxy) is 1. The van der Waals surface area contributed by atoms with E-state index in [0.29, 0.717) is 17.4 Å². The SMILES string of the molecule is Cc1c(C)c(C)c(C(=O)OCC(=O)N[C@H]2CCC[C@H](C)[C@@H]2C)c(C)c1C. The molecule has 0 spiro atoms. The summed E-state index contributed by atoms with van der Waals surface area (Å²) < 4.78 is 5.35. The maximum atomic E-state index is 12.6. The first-order chi connectivity index (χ1) is 12.1. The molecule has 1 aromatic rings. The van der Waals surface area contributed by atoms with Gasteiger partial charge in [0, 0.05) is 6.04 Å². The van der Waals surface area contributed by atoms with Crippen LogP contribution in [0.4, 0.5) is 0 Å². The molecule has 1 saturated carbocycles. The zero-order valence-electron chi connectivity index (χ0n) is 17.3. The minimum Gasteiger partial charge on any atom is -0.452 e. The largest absolute Gasteiger partial charge is 0.452 e. The van der Waals surface area contributed by atoms with Crippen LogP contribution in [0.2, 0.25) is 0 Å². The van der Waals surface area contributed by atoms with Gasteiger partial charge in [-0.3, -0.25) is 4.79 Å².